The molecule has 1 saturated heterocycles. The molecule has 1 aromatic heterocycles. The van der Waals surface area contributed by atoms with Gasteiger partial charge < -0.3 is 14.7 Å². The van der Waals surface area contributed by atoms with Crippen LogP contribution in [0, 0.1) is 5.41 Å². The normalized spacial score (nSPS) is 22.7. The maximum Gasteiger partial charge on any atom is 0.305 e. The van der Waals surface area contributed by atoms with Crippen molar-refractivity contribution in [3.05, 3.63) is 65.5 Å². The number of carbonyl (C=O) groups excluding carboxylic acids is 2. The predicted octanol–water partition coefficient (Wildman–Crippen LogP) is 3.51. The highest BCUT2D eigenvalue weighted by molar-refractivity contribution is 5.98. The Kier molecular flexibility index (Phi) is 7.80. The number of aromatic nitrogens is 1. The Hall–Kier alpha value is -2.73. The van der Waals surface area contributed by atoms with Gasteiger partial charge in [-0.15, -0.1) is 0 Å². The number of allylic oxidation sites excluding steroid dienone is 4. The van der Waals surface area contributed by atoms with Crippen LogP contribution in [0.2, 0.25) is 0 Å². The van der Waals surface area contributed by atoms with Crippen molar-refractivity contribution in [2.75, 3.05) is 13.2 Å². The number of nitrogens with zero attached hydrogens (tertiary/aromatic N) is 2. The highest BCUT2D eigenvalue weighted by atomic mass is 16.5. The third kappa shape index (κ3) is 5.50. The quantitative estimate of drug-likeness (QED) is 0.353. The average Bonchev–Trinajstić information content (AvgIpc) is 2.96. The summed E-state index contributed by atoms with van der Waals surface area (Å²) >= 11 is 0. The van der Waals surface area contributed by atoms with Crippen molar-refractivity contribution in [1.29, 1.82) is 0 Å². The van der Waals surface area contributed by atoms with E-state index in [-0.39, 0.29) is 11.9 Å². The van der Waals surface area contributed by atoms with Gasteiger partial charge in [-0.25, -0.2) is 0 Å². The minimum atomic E-state index is -0.800. The number of aryl methyl sites for hydroxylation is 1. The molecule has 6 heteroatoms. The van der Waals surface area contributed by atoms with E-state index in [0.717, 1.165) is 36.9 Å². The van der Waals surface area contributed by atoms with Gasteiger partial charge in [-0.05, 0) is 50.7 Å². The molecule has 1 N–H and O–H groups in total. The maximum absolute atomic E-state index is 12.6. The Morgan fingerprint density at radius 2 is 2.19 bits per heavy atom. The number of unbranched alkanes of at least 4 members (excludes halogenated alkanes) is 1. The molecule has 1 aromatic rings. The number of fused-ring (bicyclic) bond motifs is 1. The Balaban J connectivity index is 1.42. The highest BCUT2D eigenvalue weighted by Crippen LogP contribution is 2.45. The zero-order valence-electron chi connectivity index (χ0n) is 18.4. The summed E-state index contributed by atoms with van der Waals surface area (Å²) in [7, 11) is 0. The van der Waals surface area contributed by atoms with Gasteiger partial charge in [0.25, 0.3) is 5.91 Å². The fourth-order valence-corrected chi connectivity index (χ4v) is 4.07. The number of hydrogen-bond donors (Lipinski definition) is 1. The minimum absolute atomic E-state index is 0.0852. The van der Waals surface area contributed by atoms with E-state index in [1.807, 2.05) is 56.5 Å². The third-order valence-corrected chi connectivity index (χ3v) is 5.99. The number of carbonyl (C=O) groups is 2. The number of aliphatic hydroxyl groups is 1. The molecule has 3 rings (SSSR count). The number of aliphatic hydroxyl groups excluding tert-OH is 1. The molecule has 1 fully saturated rings. The second-order valence-electron chi connectivity index (χ2n) is 8.31. The van der Waals surface area contributed by atoms with Gasteiger partial charge in [-0.1, -0.05) is 43.4 Å². The van der Waals surface area contributed by atoms with E-state index in [1.165, 1.54) is 4.90 Å². The van der Waals surface area contributed by atoms with Gasteiger partial charge in [0.15, 0.2) is 0 Å². The summed E-state index contributed by atoms with van der Waals surface area (Å²) in [5, 5.41) is 10.7. The number of hydrogen-bond acceptors (Lipinski definition) is 5. The first-order chi connectivity index (χ1) is 15.0. The van der Waals surface area contributed by atoms with Gasteiger partial charge in [0.05, 0.1) is 6.61 Å². The maximum atomic E-state index is 12.6. The minimum Gasteiger partial charge on any atom is -0.466 e. The topological polar surface area (TPSA) is 79.7 Å². The zero-order chi connectivity index (χ0) is 22.3. The van der Waals surface area contributed by atoms with E-state index in [1.54, 1.807) is 0 Å². The van der Waals surface area contributed by atoms with Gasteiger partial charge in [-0.2, -0.15) is 0 Å². The van der Waals surface area contributed by atoms with Crippen molar-refractivity contribution in [3.8, 4) is 0 Å². The summed E-state index contributed by atoms with van der Waals surface area (Å²) in [6.45, 7) is 4.58. The van der Waals surface area contributed by atoms with Crippen LogP contribution in [0.25, 0.3) is 0 Å². The van der Waals surface area contributed by atoms with Crippen LogP contribution in [0.4, 0.5) is 0 Å². The SMILES string of the molecule is CCOC(=O)CCCCc1ccc(C/C=C/CN2C(=O)C3=CC=CCC3(C)C2O)cn1. The van der Waals surface area contributed by atoms with E-state index in [9.17, 15) is 14.7 Å². The summed E-state index contributed by atoms with van der Waals surface area (Å²) < 4.78 is 4.93. The lowest BCUT2D eigenvalue weighted by Gasteiger charge is -2.30. The molecule has 166 valence electrons. The molecule has 2 heterocycles. The van der Waals surface area contributed by atoms with Crippen LogP contribution in [0.1, 0.15) is 50.8 Å². The smallest absolute Gasteiger partial charge is 0.305 e. The number of rotatable bonds is 10. The van der Waals surface area contributed by atoms with E-state index in [4.69, 9.17) is 4.74 Å². The fourth-order valence-electron chi connectivity index (χ4n) is 4.07. The molecule has 0 spiro atoms. The van der Waals surface area contributed by atoms with Gasteiger partial charge in [0, 0.05) is 35.8 Å². The van der Waals surface area contributed by atoms with Crippen molar-refractivity contribution in [3.63, 3.8) is 0 Å². The van der Waals surface area contributed by atoms with Crippen LogP contribution >= 0.6 is 0 Å². The molecule has 6 nitrogen and oxygen atoms in total. The molecule has 0 radical (unpaired) electrons. The van der Waals surface area contributed by atoms with Crippen LogP contribution in [-0.4, -0.2) is 46.2 Å². The van der Waals surface area contributed by atoms with Gasteiger partial charge in [-0.3, -0.25) is 14.6 Å². The van der Waals surface area contributed by atoms with E-state index >= 15 is 0 Å². The molecule has 1 amide bonds. The Bertz CT molecular complexity index is 872. The number of esters is 1. The van der Waals surface area contributed by atoms with Crippen LogP contribution in [0.5, 0.6) is 0 Å². The van der Waals surface area contributed by atoms with E-state index in [0.29, 0.717) is 31.6 Å². The second-order valence-corrected chi connectivity index (χ2v) is 8.31. The van der Waals surface area contributed by atoms with Crippen molar-refractivity contribution in [1.82, 2.24) is 9.88 Å². The second kappa shape index (κ2) is 10.5. The molecule has 2 aliphatic rings. The van der Waals surface area contributed by atoms with Gasteiger partial charge in [0.1, 0.15) is 6.23 Å². The molecule has 0 aromatic carbocycles. The lowest BCUT2D eigenvalue weighted by Crippen LogP contribution is -2.39. The number of amides is 1. The van der Waals surface area contributed by atoms with Crippen molar-refractivity contribution >= 4 is 11.9 Å². The molecule has 2 unspecified atom stereocenters. The molecule has 2 atom stereocenters. The summed E-state index contributed by atoms with van der Waals surface area (Å²) in [5.41, 5.74) is 2.28. The lowest BCUT2D eigenvalue weighted by molar-refractivity contribution is -0.143. The number of ether oxygens (including phenoxy) is 1. The molecule has 31 heavy (non-hydrogen) atoms. The standard InChI is InChI=1S/C25H32N2O4/c1-3-31-22(28)13-5-4-11-20-15-14-19(18-26-20)10-7-9-17-27-23(29)21-12-6-8-16-25(21,2)24(27)30/h6-9,12,14-15,18,24,30H,3-5,10-11,13,16-17H2,1-2H3/b9-7+. The van der Waals surface area contributed by atoms with Crippen molar-refractivity contribution in [2.24, 2.45) is 5.41 Å². The summed E-state index contributed by atoms with van der Waals surface area (Å²) in [6.07, 6.45) is 15.1. The van der Waals surface area contributed by atoms with Crippen LogP contribution in [0.15, 0.2) is 54.3 Å². The Morgan fingerprint density at radius 1 is 1.35 bits per heavy atom. The van der Waals surface area contributed by atoms with Crippen LogP contribution in [-0.2, 0) is 27.2 Å². The first kappa shape index (κ1) is 22.9. The number of likely N-dealkylation sites (tertiary alicyclic amines) is 1. The van der Waals surface area contributed by atoms with Crippen LogP contribution < -0.4 is 0 Å². The van der Waals surface area contributed by atoms with Gasteiger partial charge >= 0.3 is 5.97 Å². The molecule has 1 aliphatic carbocycles. The monoisotopic (exact) mass is 424 g/mol. The average molecular weight is 425 g/mol. The van der Waals surface area contributed by atoms with Crippen LogP contribution in [0.3, 0.4) is 0 Å². The predicted molar refractivity (Wildman–Crippen MR) is 119 cm³/mol. The molecule has 0 saturated carbocycles. The molecular weight excluding hydrogens is 392 g/mol. The number of pyridine rings is 1. The van der Waals surface area contributed by atoms with E-state index in [2.05, 4.69) is 11.1 Å². The lowest BCUT2D eigenvalue weighted by atomic mass is 9.77. The largest absolute Gasteiger partial charge is 0.466 e. The first-order valence-corrected chi connectivity index (χ1v) is 11.1. The molecule has 1 aliphatic heterocycles. The summed E-state index contributed by atoms with van der Waals surface area (Å²) in [4.78, 5) is 30.0. The van der Waals surface area contributed by atoms with E-state index < -0.39 is 11.6 Å². The fraction of sp³-hybridized carbons (Fsp3) is 0.480. The van der Waals surface area contributed by atoms with Crippen molar-refractivity contribution < 1.29 is 19.4 Å². The van der Waals surface area contributed by atoms with Gasteiger partial charge in [0.2, 0.25) is 0 Å². The zero-order valence-corrected chi connectivity index (χ0v) is 18.4. The summed E-state index contributed by atoms with van der Waals surface area (Å²) in [5.74, 6) is -0.222. The molecule has 0 bridgehead atoms. The third-order valence-electron chi connectivity index (χ3n) is 5.99. The first-order valence-electron chi connectivity index (χ1n) is 11.1. The Labute approximate surface area is 184 Å². The Morgan fingerprint density at radius 3 is 2.90 bits per heavy atom. The van der Waals surface area contributed by atoms with Crippen molar-refractivity contribution in [2.45, 2.75) is 58.6 Å². The summed E-state index contributed by atoms with van der Waals surface area (Å²) in [6, 6.07) is 4.08. The highest BCUT2D eigenvalue weighted by Gasteiger charge is 2.51. The molecular formula is C25H32N2O4.